The minimum Gasteiger partial charge on any atom is -0.508 e. The Kier molecular flexibility index (Phi) is 4.74. The molecule has 1 heterocycles. The Labute approximate surface area is 143 Å². The Hall–Kier alpha value is -2.17. The maximum Gasteiger partial charge on any atom is 0.160 e. The number of imidazole rings is 1. The molecule has 0 aliphatic carbocycles. The fourth-order valence-electron chi connectivity index (χ4n) is 2.31. The van der Waals surface area contributed by atoms with Crippen LogP contribution in [0, 0.1) is 0 Å². The highest BCUT2D eigenvalue weighted by molar-refractivity contribution is 6.34. The highest BCUT2D eigenvalue weighted by Crippen LogP contribution is 2.28. The normalized spacial score (nSPS) is 12.1. The minimum absolute atomic E-state index is 0.145. The highest BCUT2D eigenvalue weighted by atomic mass is 35.5. The van der Waals surface area contributed by atoms with E-state index in [9.17, 15) is 5.11 Å². The zero-order valence-corrected chi connectivity index (χ0v) is 13.6. The van der Waals surface area contributed by atoms with Gasteiger partial charge >= 0.3 is 0 Å². The predicted molar refractivity (Wildman–Crippen MR) is 90.2 cm³/mol. The lowest BCUT2D eigenvalue weighted by Crippen LogP contribution is -2.12. The Bertz CT molecular complexity index is 771. The standard InChI is InChI=1S/C17H14Cl2N2O2/c18-12-6-11(7-13(19)9-12)8-16(17-20-4-5-21-17)23-15-3-1-2-14(22)10-15/h1-7,9-10,16,22H,8H2,(H,20,21). The first kappa shape index (κ1) is 15.7. The number of rotatable bonds is 5. The first-order chi connectivity index (χ1) is 11.1. The van der Waals surface area contributed by atoms with Crippen molar-refractivity contribution < 1.29 is 9.84 Å². The van der Waals surface area contributed by atoms with Crippen molar-refractivity contribution in [1.82, 2.24) is 9.97 Å². The van der Waals surface area contributed by atoms with Crippen LogP contribution in [0.25, 0.3) is 0 Å². The van der Waals surface area contributed by atoms with Crippen LogP contribution in [0.2, 0.25) is 10.0 Å². The Morgan fingerprint density at radius 3 is 2.57 bits per heavy atom. The van der Waals surface area contributed by atoms with Crippen molar-refractivity contribution in [3.63, 3.8) is 0 Å². The lowest BCUT2D eigenvalue weighted by Gasteiger charge is -2.18. The van der Waals surface area contributed by atoms with Crippen LogP contribution >= 0.6 is 23.2 Å². The first-order valence-corrected chi connectivity index (χ1v) is 7.76. The van der Waals surface area contributed by atoms with E-state index >= 15 is 0 Å². The number of halogens is 2. The van der Waals surface area contributed by atoms with Crippen LogP contribution in [0.15, 0.2) is 54.9 Å². The van der Waals surface area contributed by atoms with Gasteiger partial charge in [-0.05, 0) is 35.9 Å². The lowest BCUT2D eigenvalue weighted by atomic mass is 10.1. The Morgan fingerprint density at radius 2 is 1.91 bits per heavy atom. The molecule has 0 aliphatic rings. The number of phenols is 1. The first-order valence-electron chi connectivity index (χ1n) is 7.00. The van der Waals surface area contributed by atoms with Crippen LogP contribution in [0.1, 0.15) is 17.5 Å². The molecule has 0 aliphatic heterocycles. The van der Waals surface area contributed by atoms with Gasteiger partial charge in [-0.2, -0.15) is 0 Å². The van der Waals surface area contributed by atoms with Crippen LogP contribution in [-0.4, -0.2) is 15.1 Å². The van der Waals surface area contributed by atoms with Gasteiger partial charge in [0.05, 0.1) is 0 Å². The fraction of sp³-hybridized carbons (Fsp3) is 0.118. The summed E-state index contributed by atoms with van der Waals surface area (Å²) < 4.78 is 5.98. The molecular formula is C17H14Cl2N2O2. The molecule has 2 aromatic carbocycles. The van der Waals surface area contributed by atoms with Gasteiger partial charge in [0.2, 0.25) is 0 Å². The molecule has 1 unspecified atom stereocenters. The minimum atomic E-state index is -0.360. The predicted octanol–water partition coefficient (Wildman–Crippen LogP) is 4.78. The number of aromatic hydroxyl groups is 1. The van der Waals surface area contributed by atoms with Crippen molar-refractivity contribution in [2.75, 3.05) is 0 Å². The molecule has 2 N–H and O–H groups in total. The van der Waals surface area contributed by atoms with E-state index in [4.69, 9.17) is 27.9 Å². The van der Waals surface area contributed by atoms with Crippen LogP contribution in [-0.2, 0) is 6.42 Å². The number of aromatic nitrogens is 2. The summed E-state index contributed by atoms with van der Waals surface area (Å²) in [6.07, 6.45) is 3.57. The highest BCUT2D eigenvalue weighted by Gasteiger charge is 2.18. The molecule has 6 heteroatoms. The average Bonchev–Trinajstić information content (AvgIpc) is 2.99. The van der Waals surface area contributed by atoms with E-state index in [-0.39, 0.29) is 11.9 Å². The van der Waals surface area contributed by atoms with E-state index in [0.717, 1.165) is 5.56 Å². The summed E-state index contributed by atoms with van der Waals surface area (Å²) in [4.78, 5) is 7.32. The number of nitrogens with zero attached hydrogens (tertiary/aromatic N) is 1. The molecule has 3 aromatic rings. The summed E-state index contributed by atoms with van der Waals surface area (Å²) in [6.45, 7) is 0. The smallest absolute Gasteiger partial charge is 0.160 e. The Morgan fingerprint density at radius 1 is 1.13 bits per heavy atom. The molecule has 118 valence electrons. The quantitative estimate of drug-likeness (QED) is 0.697. The summed E-state index contributed by atoms with van der Waals surface area (Å²) in [7, 11) is 0. The van der Waals surface area contributed by atoms with Crippen molar-refractivity contribution in [2.24, 2.45) is 0 Å². The van der Waals surface area contributed by atoms with Crippen LogP contribution in [0.3, 0.4) is 0 Å². The van der Waals surface area contributed by atoms with Gasteiger partial charge in [-0.3, -0.25) is 0 Å². The van der Waals surface area contributed by atoms with Crippen LogP contribution in [0.4, 0.5) is 0 Å². The summed E-state index contributed by atoms with van der Waals surface area (Å²) in [5.41, 5.74) is 0.934. The number of aromatic amines is 1. The number of hydrogen-bond acceptors (Lipinski definition) is 3. The molecule has 1 atom stereocenters. The topological polar surface area (TPSA) is 58.1 Å². The molecule has 4 nitrogen and oxygen atoms in total. The molecular weight excluding hydrogens is 335 g/mol. The number of benzene rings is 2. The second-order valence-corrected chi connectivity index (χ2v) is 5.93. The van der Waals surface area contributed by atoms with Gasteiger partial charge in [0.15, 0.2) is 6.10 Å². The second-order valence-electron chi connectivity index (χ2n) is 5.06. The third kappa shape index (κ3) is 4.18. The fourth-order valence-corrected chi connectivity index (χ4v) is 2.88. The zero-order chi connectivity index (χ0) is 16.2. The average molecular weight is 349 g/mol. The third-order valence-corrected chi connectivity index (χ3v) is 3.70. The Balaban J connectivity index is 1.87. The molecule has 0 saturated carbocycles. The molecule has 0 radical (unpaired) electrons. The zero-order valence-electron chi connectivity index (χ0n) is 12.0. The number of hydrogen-bond donors (Lipinski definition) is 2. The SMILES string of the molecule is Oc1cccc(OC(Cc2cc(Cl)cc(Cl)c2)c2ncc[nH]2)c1. The molecule has 0 saturated heterocycles. The van der Waals surface area contributed by atoms with E-state index in [1.165, 1.54) is 0 Å². The van der Waals surface area contributed by atoms with E-state index in [2.05, 4.69) is 9.97 Å². The van der Waals surface area contributed by atoms with Crippen molar-refractivity contribution in [2.45, 2.75) is 12.5 Å². The van der Waals surface area contributed by atoms with Gasteiger partial charge in [0.25, 0.3) is 0 Å². The maximum atomic E-state index is 9.58. The molecule has 0 amide bonds. The monoisotopic (exact) mass is 348 g/mol. The summed E-state index contributed by atoms with van der Waals surface area (Å²) in [5, 5.41) is 10.7. The number of phenolic OH excluding ortho intramolecular Hbond substituents is 1. The number of H-pyrrole nitrogens is 1. The molecule has 3 rings (SSSR count). The van der Waals surface area contributed by atoms with Crippen molar-refractivity contribution in [3.8, 4) is 11.5 Å². The molecule has 23 heavy (non-hydrogen) atoms. The lowest BCUT2D eigenvalue weighted by molar-refractivity contribution is 0.196. The molecule has 0 bridgehead atoms. The van der Waals surface area contributed by atoms with E-state index < -0.39 is 0 Å². The van der Waals surface area contributed by atoms with Crippen molar-refractivity contribution in [1.29, 1.82) is 0 Å². The van der Waals surface area contributed by atoms with Gasteiger partial charge < -0.3 is 14.8 Å². The van der Waals surface area contributed by atoms with Crippen LogP contribution < -0.4 is 4.74 Å². The summed E-state index contributed by atoms with van der Waals surface area (Å²) in [5.74, 6) is 1.38. The molecule has 1 aromatic heterocycles. The van der Waals surface area contributed by atoms with Crippen molar-refractivity contribution >= 4 is 23.2 Å². The van der Waals surface area contributed by atoms with Crippen LogP contribution in [0.5, 0.6) is 11.5 Å². The third-order valence-electron chi connectivity index (χ3n) is 3.26. The van der Waals surface area contributed by atoms with E-state index in [1.54, 1.807) is 42.7 Å². The van der Waals surface area contributed by atoms with Gasteiger partial charge in [-0.15, -0.1) is 0 Å². The maximum absolute atomic E-state index is 9.58. The van der Waals surface area contributed by atoms with Gasteiger partial charge in [-0.25, -0.2) is 4.98 Å². The largest absolute Gasteiger partial charge is 0.508 e. The number of ether oxygens (including phenoxy) is 1. The van der Waals surface area contributed by atoms with Crippen molar-refractivity contribution in [3.05, 3.63) is 76.3 Å². The molecule has 0 spiro atoms. The summed E-state index contributed by atoms with van der Waals surface area (Å²) >= 11 is 12.1. The van der Waals surface area contributed by atoms with Gasteiger partial charge in [-0.1, -0.05) is 29.3 Å². The van der Waals surface area contributed by atoms with Gasteiger partial charge in [0, 0.05) is 34.9 Å². The number of nitrogens with one attached hydrogen (secondary N) is 1. The van der Waals surface area contributed by atoms with E-state index in [1.807, 2.05) is 12.1 Å². The molecule has 0 fully saturated rings. The van der Waals surface area contributed by atoms with Gasteiger partial charge in [0.1, 0.15) is 17.3 Å². The van der Waals surface area contributed by atoms with E-state index in [0.29, 0.717) is 28.0 Å². The second kappa shape index (κ2) is 6.94. The summed E-state index contributed by atoms with van der Waals surface area (Å²) in [6, 6.07) is 12.0.